The summed E-state index contributed by atoms with van der Waals surface area (Å²) in [7, 11) is 3.00. The van der Waals surface area contributed by atoms with E-state index in [1.54, 1.807) is 35.2 Å². The Morgan fingerprint density at radius 2 is 1.84 bits per heavy atom. The minimum Gasteiger partial charge on any atom is -0.497 e. The number of fused-ring (bicyclic) bond motifs is 1. The summed E-state index contributed by atoms with van der Waals surface area (Å²) in [5.41, 5.74) is 0.973. The Hall–Kier alpha value is -3.62. The molecule has 0 N–H and O–H groups in total. The van der Waals surface area contributed by atoms with E-state index in [2.05, 4.69) is 0 Å². The molecule has 3 amide bonds. The van der Waals surface area contributed by atoms with Crippen LogP contribution in [0, 0.1) is 16.0 Å². The van der Waals surface area contributed by atoms with Crippen molar-refractivity contribution in [2.24, 2.45) is 5.92 Å². The highest BCUT2D eigenvalue weighted by molar-refractivity contribution is 6.17. The van der Waals surface area contributed by atoms with Gasteiger partial charge in [0.2, 0.25) is 5.91 Å². The van der Waals surface area contributed by atoms with E-state index in [-0.39, 0.29) is 30.1 Å². The summed E-state index contributed by atoms with van der Waals surface area (Å²) in [6.07, 6.45) is 3.26. The number of methoxy groups -OCH3 is 2. The largest absolute Gasteiger partial charge is 0.497 e. The van der Waals surface area contributed by atoms with E-state index in [0.29, 0.717) is 29.2 Å². The summed E-state index contributed by atoms with van der Waals surface area (Å²) in [4.78, 5) is 40.7. The molecule has 4 rings (SSSR count). The molecule has 9 nitrogen and oxygen atoms in total. The van der Waals surface area contributed by atoms with Crippen LogP contribution in [0.5, 0.6) is 11.5 Å². The molecule has 1 aliphatic heterocycles. The topological polar surface area (TPSA) is 102 Å². The lowest BCUT2D eigenvalue weighted by Gasteiger charge is -2.47. The van der Waals surface area contributed by atoms with Gasteiger partial charge in [0, 0.05) is 30.8 Å². The van der Waals surface area contributed by atoms with Gasteiger partial charge in [0.25, 0.3) is 5.69 Å². The number of anilines is 1. The van der Waals surface area contributed by atoms with Gasteiger partial charge in [0.05, 0.1) is 30.7 Å². The number of hydrogen-bond acceptors (Lipinski definition) is 6. The fourth-order valence-corrected chi connectivity index (χ4v) is 4.64. The van der Waals surface area contributed by atoms with Crippen LogP contribution >= 0.6 is 0 Å². The fraction of sp³-hybridized carbons (Fsp3) is 0.391. The van der Waals surface area contributed by atoms with E-state index >= 15 is 0 Å². The van der Waals surface area contributed by atoms with Crippen molar-refractivity contribution in [3.63, 3.8) is 0 Å². The second-order valence-electron chi connectivity index (χ2n) is 8.01. The summed E-state index contributed by atoms with van der Waals surface area (Å²) in [5, 5.41) is 11.2. The van der Waals surface area contributed by atoms with Crippen LogP contribution in [0.25, 0.3) is 0 Å². The van der Waals surface area contributed by atoms with Crippen LogP contribution < -0.4 is 14.4 Å². The van der Waals surface area contributed by atoms with Crippen molar-refractivity contribution in [3.05, 3.63) is 58.1 Å². The molecule has 0 bridgehead atoms. The van der Waals surface area contributed by atoms with Gasteiger partial charge in [-0.1, -0.05) is 25.0 Å². The van der Waals surface area contributed by atoms with Crippen molar-refractivity contribution in [1.82, 2.24) is 4.90 Å². The summed E-state index contributed by atoms with van der Waals surface area (Å²) >= 11 is 0. The number of carbonyl (C=O) groups is 2. The van der Waals surface area contributed by atoms with Crippen LogP contribution in [0.2, 0.25) is 0 Å². The second-order valence-corrected chi connectivity index (χ2v) is 8.01. The minimum absolute atomic E-state index is 0.0306. The van der Waals surface area contributed by atoms with Gasteiger partial charge in [0.1, 0.15) is 11.5 Å². The van der Waals surface area contributed by atoms with Crippen molar-refractivity contribution >= 4 is 23.3 Å². The van der Waals surface area contributed by atoms with E-state index in [4.69, 9.17) is 9.47 Å². The molecular weight excluding hydrogens is 414 g/mol. The van der Waals surface area contributed by atoms with Crippen LogP contribution in [-0.4, -0.2) is 42.0 Å². The molecule has 1 aliphatic carbocycles. The van der Waals surface area contributed by atoms with Crippen LogP contribution in [0.3, 0.4) is 0 Å². The van der Waals surface area contributed by atoms with Gasteiger partial charge in [-0.2, -0.15) is 0 Å². The number of non-ortho nitro benzene ring substituents is 1. The molecule has 0 aromatic heterocycles. The number of urea groups is 1. The molecule has 32 heavy (non-hydrogen) atoms. The number of ether oxygens (including phenoxy) is 2. The van der Waals surface area contributed by atoms with Gasteiger partial charge in [0.15, 0.2) is 0 Å². The number of amides is 3. The summed E-state index contributed by atoms with van der Waals surface area (Å²) in [5.74, 6) is 0.340. The molecule has 2 unspecified atom stereocenters. The van der Waals surface area contributed by atoms with Gasteiger partial charge in [-0.15, -0.1) is 0 Å². The smallest absolute Gasteiger partial charge is 0.332 e. The van der Waals surface area contributed by atoms with Crippen LogP contribution in [0.15, 0.2) is 42.5 Å². The van der Waals surface area contributed by atoms with Crippen LogP contribution in [-0.2, 0) is 11.3 Å². The predicted molar refractivity (Wildman–Crippen MR) is 117 cm³/mol. The molecule has 2 aromatic carbocycles. The first kappa shape index (κ1) is 21.6. The molecule has 9 heteroatoms. The van der Waals surface area contributed by atoms with E-state index in [1.807, 2.05) is 0 Å². The highest BCUT2D eigenvalue weighted by Crippen LogP contribution is 2.41. The molecule has 1 saturated carbocycles. The first-order chi connectivity index (χ1) is 15.4. The maximum absolute atomic E-state index is 13.6. The van der Waals surface area contributed by atoms with Crippen molar-refractivity contribution < 1.29 is 24.0 Å². The highest BCUT2D eigenvalue weighted by Gasteiger charge is 2.48. The van der Waals surface area contributed by atoms with Gasteiger partial charge in [-0.25, -0.2) is 9.69 Å². The number of benzene rings is 2. The second kappa shape index (κ2) is 8.86. The SMILES string of the molecule is COc1ccc(N2C(=O)C3CCCCC3N(Cc3cccc([N+](=O)[O-])c3)C2=O)c(OC)c1. The summed E-state index contributed by atoms with van der Waals surface area (Å²) in [6.45, 7) is 0.184. The van der Waals surface area contributed by atoms with Gasteiger partial charge < -0.3 is 14.4 Å². The number of nitro benzene ring substituents is 1. The molecule has 2 fully saturated rings. The summed E-state index contributed by atoms with van der Waals surface area (Å²) in [6, 6.07) is 10.5. The van der Waals surface area contributed by atoms with Gasteiger partial charge >= 0.3 is 6.03 Å². The molecule has 2 atom stereocenters. The Morgan fingerprint density at radius 3 is 2.56 bits per heavy atom. The van der Waals surface area contributed by atoms with Crippen LogP contribution in [0.4, 0.5) is 16.2 Å². The number of rotatable bonds is 6. The zero-order valence-corrected chi connectivity index (χ0v) is 18.0. The van der Waals surface area contributed by atoms with Gasteiger partial charge in [-0.05, 0) is 30.5 Å². The molecule has 2 aliphatic rings. The standard InChI is InChI=1S/C23H25N3O6/c1-31-17-10-11-20(21(13-17)32-2)25-22(27)18-8-3-4-9-19(18)24(23(25)28)14-15-6-5-7-16(12-15)26(29)30/h5-7,10-13,18-19H,3-4,8-9,14H2,1-2H3. The first-order valence-corrected chi connectivity index (χ1v) is 10.5. The average molecular weight is 439 g/mol. The third-order valence-electron chi connectivity index (χ3n) is 6.21. The summed E-state index contributed by atoms with van der Waals surface area (Å²) < 4.78 is 10.7. The van der Waals surface area contributed by atoms with Crippen LogP contribution in [0.1, 0.15) is 31.2 Å². The lowest BCUT2D eigenvalue weighted by molar-refractivity contribution is -0.384. The quantitative estimate of drug-likeness (QED) is 0.495. The Labute approximate surface area is 185 Å². The number of nitrogens with zero attached hydrogens (tertiary/aromatic N) is 3. The number of carbonyl (C=O) groups excluding carboxylic acids is 2. The van der Waals surface area contributed by atoms with Gasteiger partial charge in [-0.3, -0.25) is 14.9 Å². The average Bonchev–Trinajstić information content (AvgIpc) is 2.82. The van der Waals surface area contributed by atoms with E-state index in [9.17, 15) is 19.7 Å². The van der Waals surface area contributed by atoms with E-state index in [0.717, 1.165) is 19.3 Å². The Kier molecular flexibility index (Phi) is 5.98. The molecule has 1 saturated heterocycles. The molecule has 168 valence electrons. The van der Waals surface area contributed by atoms with Crippen molar-refractivity contribution in [1.29, 1.82) is 0 Å². The monoisotopic (exact) mass is 439 g/mol. The zero-order valence-electron chi connectivity index (χ0n) is 18.0. The Morgan fingerprint density at radius 1 is 1.06 bits per heavy atom. The lowest BCUT2D eigenvalue weighted by Crippen LogP contribution is -2.62. The zero-order chi connectivity index (χ0) is 22.8. The van der Waals surface area contributed by atoms with Crippen molar-refractivity contribution in [2.45, 2.75) is 38.3 Å². The molecule has 2 aromatic rings. The normalized spacial score (nSPS) is 20.7. The molecular formula is C23H25N3O6. The maximum Gasteiger partial charge on any atom is 0.332 e. The maximum atomic E-state index is 13.6. The molecule has 0 spiro atoms. The first-order valence-electron chi connectivity index (χ1n) is 10.5. The molecule has 1 heterocycles. The third-order valence-corrected chi connectivity index (χ3v) is 6.21. The third kappa shape index (κ3) is 3.86. The van der Waals surface area contributed by atoms with E-state index < -0.39 is 11.0 Å². The highest BCUT2D eigenvalue weighted by atomic mass is 16.6. The fourth-order valence-electron chi connectivity index (χ4n) is 4.64. The van der Waals surface area contributed by atoms with Crippen molar-refractivity contribution in [2.75, 3.05) is 19.1 Å². The minimum atomic E-state index is -0.455. The number of nitro groups is 1. The molecule has 0 radical (unpaired) electrons. The Bertz CT molecular complexity index is 1060. The predicted octanol–water partition coefficient (Wildman–Crippen LogP) is 4.14. The number of imide groups is 1. The number of hydrogen-bond donors (Lipinski definition) is 0. The van der Waals surface area contributed by atoms with Crippen molar-refractivity contribution in [3.8, 4) is 11.5 Å². The Balaban J connectivity index is 1.73. The van der Waals surface area contributed by atoms with E-state index in [1.165, 1.54) is 31.3 Å². The lowest BCUT2D eigenvalue weighted by atomic mass is 9.81.